The van der Waals surface area contributed by atoms with Crippen molar-refractivity contribution in [3.63, 3.8) is 0 Å². The van der Waals surface area contributed by atoms with E-state index in [9.17, 15) is 0 Å². The molecule has 3 heterocycles. The van der Waals surface area contributed by atoms with E-state index in [0.29, 0.717) is 5.92 Å². The van der Waals surface area contributed by atoms with E-state index < -0.39 is 0 Å². The predicted octanol–water partition coefficient (Wildman–Crippen LogP) is 2.35. The van der Waals surface area contributed by atoms with Crippen molar-refractivity contribution in [2.75, 3.05) is 13.1 Å². The van der Waals surface area contributed by atoms with E-state index in [1.54, 1.807) is 0 Å². The summed E-state index contributed by atoms with van der Waals surface area (Å²) in [6.07, 6.45) is 6.67. The molecule has 0 unspecified atom stereocenters. The van der Waals surface area contributed by atoms with Gasteiger partial charge in [0.05, 0.1) is 0 Å². The molecule has 0 aliphatic carbocycles. The van der Waals surface area contributed by atoms with Crippen LogP contribution in [-0.4, -0.2) is 22.6 Å². The molecule has 3 rings (SSSR count). The number of fused-ring (bicyclic) bond motifs is 1. The van der Waals surface area contributed by atoms with Gasteiger partial charge in [-0.3, -0.25) is 0 Å². The molecule has 0 bridgehead atoms. The maximum atomic E-state index is 4.50. The summed E-state index contributed by atoms with van der Waals surface area (Å²) >= 11 is 0. The monoisotopic (exact) mass is 229 g/mol. The fourth-order valence-corrected chi connectivity index (χ4v) is 2.94. The molecule has 0 spiro atoms. The molecule has 0 saturated carbocycles. The number of hydrogen-bond donors (Lipinski definition) is 1. The number of pyridine rings is 1. The van der Waals surface area contributed by atoms with Crippen LogP contribution in [0, 0.1) is 6.92 Å². The predicted molar refractivity (Wildman–Crippen MR) is 70.3 cm³/mol. The normalized spacial score (nSPS) is 17.8. The Morgan fingerprint density at radius 3 is 2.88 bits per heavy atom. The molecule has 0 amide bonds. The van der Waals surface area contributed by atoms with E-state index in [2.05, 4.69) is 41.1 Å². The highest BCUT2D eigenvalue weighted by molar-refractivity contribution is 5.84. The first kappa shape index (κ1) is 10.8. The zero-order valence-electron chi connectivity index (χ0n) is 10.5. The van der Waals surface area contributed by atoms with Crippen LogP contribution in [0.15, 0.2) is 18.5 Å². The van der Waals surface area contributed by atoms with Crippen molar-refractivity contribution < 1.29 is 0 Å². The number of hydrogen-bond acceptors (Lipinski definition) is 2. The minimum atomic E-state index is 0.697. The molecular formula is C14H19N3. The van der Waals surface area contributed by atoms with Gasteiger partial charge in [0.15, 0.2) is 0 Å². The molecule has 2 aromatic rings. The molecule has 2 aromatic heterocycles. The molecule has 0 radical (unpaired) electrons. The van der Waals surface area contributed by atoms with Crippen molar-refractivity contribution in [1.82, 2.24) is 14.9 Å². The molecule has 0 atom stereocenters. The van der Waals surface area contributed by atoms with Crippen molar-refractivity contribution in [2.24, 2.45) is 7.05 Å². The van der Waals surface area contributed by atoms with Gasteiger partial charge in [-0.25, -0.2) is 4.98 Å². The van der Waals surface area contributed by atoms with Crippen LogP contribution in [0.2, 0.25) is 0 Å². The molecule has 90 valence electrons. The zero-order valence-corrected chi connectivity index (χ0v) is 10.5. The van der Waals surface area contributed by atoms with Gasteiger partial charge in [0.1, 0.15) is 5.65 Å². The summed E-state index contributed by atoms with van der Waals surface area (Å²) in [6.45, 7) is 4.47. The van der Waals surface area contributed by atoms with Crippen molar-refractivity contribution in [3.8, 4) is 0 Å². The van der Waals surface area contributed by atoms with Crippen LogP contribution in [0.25, 0.3) is 11.0 Å². The average Bonchev–Trinajstić information content (AvgIpc) is 2.70. The van der Waals surface area contributed by atoms with E-state index in [4.69, 9.17) is 0 Å². The van der Waals surface area contributed by atoms with Gasteiger partial charge in [0, 0.05) is 24.8 Å². The highest BCUT2D eigenvalue weighted by atomic mass is 15.0. The maximum Gasteiger partial charge on any atom is 0.140 e. The summed E-state index contributed by atoms with van der Waals surface area (Å²) in [5.74, 6) is 0.697. The number of aromatic nitrogens is 2. The van der Waals surface area contributed by atoms with Crippen molar-refractivity contribution >= 4 is 11.0 Å². The Balaban J connectivity index is 2.15. The lowest BCUT2D eigenvalue weighted by Gasteiger charge is -2.22. The first-order chi connectivity index (χ1) is 8.27. The van der Waals surface area contributed by atoms with Crippen molar-refractivity contribution in [3.05, 3.63) is 29.6 Å². The quantitative estimate of drug-likeness (QED) is 0.813. The second-order valence-electron chi connectivity index (χ2n) is 5.05. The summed E-state index contributed by atoms with van der Waals surface area (Å²) in [5, 5.41) is 4.81. The van der Waals surface area contributed by atoms with Gasteiger partial charge in [0.2, 0.25) is 0 Å². The number of rotatable bonds is 1. The fourth-order valence-electron chi connectivity index (χ4n) is 2.94. The Bertz CT molecular complexity index is 536. The van der Waals surface area contributed by atoms with Gasteiger partial charge >= 0.3 is 0 Å². The molecule has 1 aliphatic heterocycles. The minimum Gasteiger partial charge on any atom is -0.335 e. The van der Waals surface area contributed by atoms with E-state index in [1.807, 2.05) is 6.20 Å². The largest absolute Gasteiger partial charge is 0.335 e. The number of nitrogens with one attached hydrogen (secondary N) is 1. The summed E-state index contributed by atoms with van der Waals surface area (Å²) < 4.78 is 2.17. The molecule has 1 saturated heterocycles. The Hall–Kier alpha value is -1.35. The van der Waals surface area contributed by atoms with E-state index in [1.165, 1.54) is 29.4 Å². The minimum absolute atomic E-state index is 0.697. The molecular weight excluding hydrogens is 210 g/mol. The lowest BCUT2D eigenvalue weighted by molar-refractivity contribution is 0.462. The smallest absolute Gasteiger partial charge is 0.140 e. The Kier molecular flexibility index (Phi) is 2.63. The second kappa shape index (κ2) is 4.15. The molecule has 3 heteroatoms. The molecule has 1 fully saturated rings. The molecule has 0 aromatic carbocycles. The molecule has 17 heavy (non-hydrogen) atoms. The number of nitrogens with zero attached hydrogens (tertiary/aromatic N) is 2. The van der Waals surface area contributed by atoms with Crippen LogP contribution in [0.1, 0.15) is 29.9 Å². The Labute approximate surface area is 102 Å². The van der Waals surface area contributed by atoms with Gasteiger partial charge in [-0.2, -0.15) is 0 Å². The van der Waals surface area contributed by atoms with Crippen molar-refractivity contribution in [1.29, 1.82) is 0 Å². The van der Waals surface area contributed by atoms with Crippen LogP contribution in [0.4, 0.5) is 0 Å². The van der Waals surface area contributed by atoms with Crippen LogP contribution in [0.3, 0.4) is 0 Å². The third-order valence-electron chi connectivity index (χ3n) is 3.87. The lowest BCUT2D eigenvalue weighted by atomic mass is 9.89. The van der Waals surface area contributed by atoms with Gasteiger partial charge < -0.3 is 9.88 Å². The van der Waals surface area contributed by atoms with Crippen LogP contribution in [0.5, 0.6) is 0 Å². The SMILES string of the molecule is Cc1ccnc2c1c(C1CCNCC1)cn2C. The lowest BCUT2D eigenvalue weighted by Crippen LogP contribution is -2.26. The Morgan fingerprint density at radius 1 is 1.35 bits per heavy atom. The Morgan fingerprint density at radius 2 is 2.12 bits per heavy atom. The summed E-state index contributed by atoms with van der Waals surface area (Å²) in [5.41, 5.74) is 3.97. The highest BCUT2D eigenvalue weighted by Crippen LogP contribution is 2.33. The summed E-state index contributed by atoms with van der Waals surface area (Å²) in [6, 6.07) is 2.12. The van der Waals surface area contributed by atoms with Gasteiger partial charge in [-0.15, -0.1) is 0 Å². The van der Waals surface area contributed by atoms with Crippen LogP contribution < -0.4 is 5.32 Å². The van der Waals surface area contributed by atoms with Gasteiger partial charge in [-0.1, -0.05) is 0 Å². The molecule has 1 N–H and O–H groups in total. The van der Waals surface area contributed by atoms with E-state index >= 15 is 0 Å². The van der Waals surface area contributed by atoms with Crippen molar-refractivity contribution in [2.45, 2.75) is 25.7 Å². The fraction of sp³-hybridized carbons (Fsp3) is 0.500. The topological polar surface area (TPSA) is 29.9 Å². The maximum absolute atomic E-state index is 4.50. The van der Waals surface area contributed by atoms with Crippen LogP contribution >= 0.6 is 0 Å². The number of piperidine rings is 1. The van der Waals surface area contributed by atoms with E-state index in [-0.39, 0.29) is 0 Å². The van der Waals surface area contributed by atoms with E-state index in [0.717, 1.165) is 18.7 Å². The summed E-state index contributed by atoms with van der Waals surface area (Å²) in [7, 11) is 2.10. The van der Waals surface area contributed by atoms with Crippen LogP contribution in [-0.2, 0) is 7.05 Å². The first-order valence-corrected chi connectivity index (χ1v) is 6.38. The summed E-state index contributed by atoms with van der Waals surface area (Å²) in [4.78, 5) is 4.50. The first-order valence-electron chi connectivity index (χ1n) is 6.38. The second-order valence-corrected chi connectivity index (χ2v) is 5.05. The average molecular weight is 229 g/mol. The third kappa shape index (κ3) is 1.75. The third-order valence-corrected chi connectivity index (χ3v) is 3.87. The molecule has 1 aliphatic rings. The van der Waals surface area contributed by atoms with Gasteiger partial charge in [0.25, 0.3) is 0 Å². The number of aryl methyl sites for hydroxylation is 2. The zero-order chi connectivity index (χ0) is 11.8. The van der Waals surface area contributed by atoms with Gasteiger partial charge in [-0.05, 0) is 56.0 Å². The highest BCUT2D eigenvalue weighted by Gasteiger charge is 2.20. The standard InChI is InChI=1S/C14H19N3/c1-10-3-8-16-14-13(10)12(9-17(14)2)11-4-6-15-7-5-11/h3,8-9,11,15H,4-7H2,1-2H3. The molecule has 3 nitrogen and oxygen atoms in total.